The summed E-state index contributed by atoms with van der Waals surface area (Å²) in [5, 5.41) is 9.10. The van der Waals surface area contributed by atoms with Crippen molar-refractivity contribution >= 4 is 21.9 Å². The molecule has 2 rings (SSSR count). The number of nitrogens with two attached hydrogens (primary N) is 1. The molecule has 1 fully saturated rings. The number of sulfonamides is 1. The van der Waals surface area contributed by atoms with Crippen molar-refractivity contribution in [1.29, 1.82) is 0 Å². The number of nitrogens with zero attached hydrogens (tertiary/aromatic N) is 1. The highest BCUT2D eigenvalue weighted by molar-refractivity contribution is 7.89. The maximum absolute atomic E-state index is 12.6. The van der Waals surface area contributed by atoms with Gasteiger partial charge in [-0.2, -0.15) is 4.31 Å². The minimum atomic E-state index is -4.16. The number of hydrogen-bond donors (Lipinski definition) is 2. The molecule has 0 radical (unpaired) electrons. The Bertz CT molecular complexity index is 672. The summed E-state index contributed by atoms with van der Waals surface area (Å²) in [7, 11) is -4.16. The molecule has 0 saturated carbocycles. The first-order chi connectivity index (χ1) is 9.85. The molecule has 1 unspecified atom stereocenters. The maximum atomic E-state index is 12.6. The SMILES string of the molecule is NC(=O)C1COCCN1S(=O)(=O)c1ccccc1C(=O)O. The van der Waals surface area contributed by atoms with Crippen molar-refractivity contribution in [2.24, 2.45) is 5.73 Å². The van der Waals surface area contributed by atoms with E-state index in [-0.39, 0.29) is 30.2 Å². The van der Waals surface area contributed by atoms with Crippen LogP contribution in [0.4, 0.5) is 0 Å². The Morgan fingerprint density at radius 1 is 1.33 bits per heavy atom. The third-order valence-corrected chi connectivity index (χ3v) is 5.08. The normalized spacial score (nSPS) is 20.1. The molecule has 1 atom stereocenters. The molecule has 0 aromatic heterocycles. The highest BCUT2D eigenvalue weighted by atomic mass is 32.2. The predicted molar refractivity (Wildman–Crippen MR) is 71.1 cm³/mol. The highest BCUT2D eigenvalue weighted by Crippen LogP contribution is 2.23. The van der Waals surface area contributed by atoms with Gasteiger partial charge in [0.15, 0.2) is 0 Å². The molecular formula is C12H14N2O6S. The van der Waals surface area contributed by atoms with Gasteiger partial charge in [-0.3, -0.25) is 4.79 Å². The number of carbonyl (C=O) groups excluding carboxylic acids is 1. The van der Waals surface area contributed by atoms with E-state index in [1.165, 1.54) is 24.3 Å². The van der Waals surface area contributed by atoms with E-state index < -0.39 is 27.9 Å². The molecule has 21 heavy (non-hydrogen) atoms. The van der Waals surface area contributed by atoms with Gasteiger partial charge in [-0.15, -0.1) is 0 Å². The van der Waals surface area contributed by atoms with Gasteiger partial charge in [-0.05, 0) is 12.1 Å². The van der Waals surface area contributed by atoms with Crippen LogP contribution in [0, 0.1) is 0 Å². The Kier molecular flexibility index (Phi) is 4.26. The van der Waals surface area contributed by atoms with Crippen LogP contribution >= 0.6 is 0 Å². The summed E-state index contributed by atoms with van der Waals surface area (Å²) in [6, 6.07) is 4.07. The average molecular weight is 314 g/mol. The van der Waals surface area contributed by atoms with E-state index in [1.54, 1.807) is 0 Å². The highest BCUT2D eigenvalue weighted by Gasteiger charge is 2.38. The summed E-state index contributed by atoms with van der Waals surface area (Å²) in [6.07, 6.45) is 0. The number of morpholine rings is 1. The molecule has 1 aliphatic rings. The first-order valence-electron chi connectivity index (χ1n) is 6.07. The second-order valence-electron chi connectivity index (χ2n) is 4.41. The zero-order valence-electron chi connectivity index (χ0n) is 10.9. The van der Waals surface area contributed by atoms with Gasteiger partial charge >= 0.3 is 5.97 Å². The minimum absolute atomic E-state index is 0.0656. The molecule has 1 aliphatic heterocycles. The quantitative estimate of drug-likeness (QED) is 0.753. The Morgan fingerprint density at radius 3 is 2.62 bits per heavy atom. The molecule has 1 heterocycles. The van der Waals surface area contributed by atoms with E-state index in [4.69, 9.17) is 15.6 Å². The summed E-state index contributed by atoms with van der Waals surface area (Å²) >= 11 is 0. The van der Waals surface area contributed by atoms with Crippen LogP contribution in [0.5, 0.6) is 0 Å². The molecule has 114 valence electrons. The Balaban J connectivity index is 2.51. The summed E-state index contributed by atoms with van der Waals surface area (Å²) in [5.74, 6) is -2.20. The average Bonchev–Trinajstić information content (AvgIpc) is 2.47. The second-order valence-corrected chi connectivity index (χ2v) is 6.27. The predicted octanol–water partition coefficient (Wildman–Crippen LogP) is -0.740. The van der Waals surface area contributed by atoms with Crippen molar-refractivity contribution in [3.05, 3.63) is 29.8 Å². The van der Waals surface area contributed by atoms with E-state index in [0.29, 0.717) is 0 Å². The fourth-order valence-corrected chi connectivity index (χ4v) is 3.85. The van der Waals surface area contributed by atoms with Gasteiger partial charge in [0.25, 0.3) is 0 Å². The summed E-state index contributed by atoms with van der Waals surface area (Å²) in [6.45, 7) is -0.105. The van der Waals surface area contributed by atoms with Gasteiger partial charge in [0.2, 0.25) is 15.9 Å². The van der Waals surface area contributed by atoms with Crippen LogP contribution in [0.2, 0.25) is 0 Å². The standard InChI is InChI=1S/C12H14N2O6S/c13-11(15)9-7-20-6-5-14(9)21(18,19)10-4-2-1-3-8(10)12(16)17/h1-4,9H,5-7H2,(H2,13,15)(H,16,17). The molecule has 8 nitrogen and oxygen atoms in total. The number of ether oxygens (including phenoxy) is 1. The Morgan fingerprint density at radius 2 is 2.00 bits per heavy atom. The van der Waals surface area contributed by atoms with Gasteiger partial charge in [0, 0.05) is 6.54 Å². The third-order valence-electron chi connectivity index (χ3n) is 3.11. The lowest BCUT2D eigenvalue weighted by Crippen LogP contribution is -2.54. The van der Waals surface area contributed by atoms with Crippen LogP contribution in [0.3, 0.4) is 0 Å². The van der Waals surface area contributed by atoms with E-state index in [2.05, 4.69) is 0 Å². The van der Waals surface area contributed by atoms with E-state index in [1.807, 2.05) is 0 Å². The lowest BCUT2D eigenvalue weighted by atomic mass is 10.2. The van der Waals surface area contributed by atoms with Gasteiger partial charge < -0.3 is 15.6 Å². The largest absolute Gasteiger partial charge is 0.478 e. The fraction of sp³-hybridized carbons (Fsp3) is 0.333. The smallest absolute Gasteiger partial charge is 0.337 e. The summed E-state index contributed by atoms with van der Waals surface area (Å²) < 4.78 is 31.2. The zero-order valence-corrected chi connectivity index (χ0v) is 11.7. The van der Waals surface area contributed by atoms with E-state index in [9.17, 15) is 18.0 Å². The number of carbonyl (C=O) groups is 2. The van der Waals surface area contributed by atoms with Gasteiger partial charge in [0.05, 0.1) is 23.7 Å². The molecule has 1 aromatic rings. The van der Waals surface area contributed by atoms with Crippen molar-refractivity contribution in [2.45, 2.75) is 10.9 Å². The molecule has 3 N–H and O–H groups in total. The van der Waals surface area contributed by atoms with E-state index in [0.717, 1.165) is 4.31 Å². The van der Waals surface area contributed by atoms with Crippen LogP contribution in [0.1, 0.15) is 10.4 Å². The third kappa shape index (κ3) is 2.89. The van der Waals surface area contributed by atoms with Gasteiger partial charge in [-0.1, -0.05) is 12.1 Å². The van der Waals surface area contributed by atoms with Crippen molar-refractivity contribution < 1.29 is 27.9 Å². The molecule has 0 aliphatic carbocycles. The van der Waals surface area contributed by atoms with Crippen molar-refractivity contribution in [1.82, 2.24) is 4.31 Å². The van der Waals surface area contributed by atoms with Crippen LogP contribution in [0.25, 0.3) is 0 Å². The Labute approximate surface area is 121 Å². The first kappa shape index (κ1) is 15.4. The van der Waals surface area contributed by atoms with Crippen molar-refractivity contribution in [3.8, 4) is 0 Å². The van der Waals surface area contributed by atoms with Gasteiger partial charge in [-0.25, -0.2) is 13.2 Å². The molecule has 1 aromatic carbocycles. The number of amides is 1. The number of primary amides is 1. The number of carboxylic acids is 1. The number of benzene rings is 1. The fourth-order valence-electron chi connectivity index (χ4n) is 2.09. The second kappa shape index (κ2) is 5.80. The Hall–Kier alpha value is -1.97. The molecule has 1 saturated heterocycles. The number of carboxylic acid groups (broad SMARTS) is 1. The molecule has 0 bridgehead atoms. The van der Waals surface area contributed by atoms with Crippen LogP contribution < -0.4 is 5.73 Å². The molecule has 0 spiro atoms. The van der Waals surface area contributed by atoms with Gasteiger partial charge in [0.1, 0.15) is 6.04 Å². The molecule has 9 heteroatoms. The van der Waals surface area contributed by atoms with Crippen LogP contribution in [-0.2, 0) is 19.6 Å². The number of rotatable bonds is 4. The lowest BCUT2D eigenvalue weighted by Gasteiger charge is -2.32. The number of aromatic carboxylic acids is 1. The molecule has 1 amide bonds. The minimum Gasteiger partial charge on any atom is -0.478 e. The van der Waals surface area contributed by atoms with E-state index >= 15 is 0 Å². The monoisotopic (exact) mass is 314 g/mol. The summed E-state index contributed by atoms with van der Waals surface area (Å²) in [4.78, 5) is 22.2. The van der Waals surface area contributed by atoms with Crippen LogP contribution in [-0.4, -0.2) is 55.5 Å². The summed E-state index contributed by atoms with van der Waals surface area (Å²) in [5.41, 5.74) is 4.83. The lowest BCUT2D eigenvalue weighted by molar-refractivity contribution is -0.125. The van der Waals surface area contributed by atoms with Crippen molar-refractivity contribution in [3.63, 3.8) is 0 Å². The number of hydrogen-bond acceptors (Lipinski definition) is 5. The van der Waals surface area contributed by atoms with Crippen LogP contribution in [0.15, 0.2) is 29.2 Å². The topological polar surface area (TPSA) is 127 Å². The zero-order chi connectivity index (χ0) is 15.6. The first-order valence-corrected chi connectivity index (χ1v) is 7.51. The van der Waals surface area contributed by atoms with Crippen molar-refractivity contribution in [2.75, 3.05) is 19.8 Å². The molecular weight excluding hydrogens is 300 g/mol. The maximum Gasteiger partial charge on any atom is 0.337 e.